The first-order valence-electron chi connectivity index (χ1n) is 6.15. The summed E-state index contributed by atoms with van der Waals surface area (Å²) in [6, 6.07) is 10.6. The summed E-state index contributed by atoms with van der Waals surface area (Å²) in [6.07, 6.45) is 0. The maximum Gasteiger partial charge on any atom is 0.113 e. The Morgan fingerprint density at radius 3 is 2.71 bits per heavy atom. The average Bonchev–Trinajstić information content (AvgIpc) is 2.34. The van der Waals surface area contributed by atoms with Crippen molar-refractivity contribution in [2.75, 3.05) is 24.5 Å². The SMILES string of the molecule is CCNC(C#N)CN(CC)c1cccc(C)c1. The number of nitriles is 1. The second kappa shape index (κ2) is 6.93. The van der Waals surface area contributed by atoms with Gasteiger partial charge < -0.3 is 10.2 Å². The lowest BCUT2D eigenvalue weighted by molar-refractivity contribution is 0.606. The first-order valence-corrected chi connectivity index (χ1v) is 6.15. The highest BCUT2D eigenvalue weighted by atomic mass is 15.1. The summed E-state index contributed by atoms with van der Waals surface area (Å²) >= 11 is 0. The van der Waals surface area contributed by atoms with Crippen LogP contribution >= 0.6 is 0 Å². The van der Waals surface area contributed by atoms with E-state index in [-0.39, 0.29) is 6.04 Å². The highest BCUT2D eigenvalue weighted by Gasteiger charge is 2.11. The summed E-state index contributed by atoms with van der Waals surface area (Å²) < 4.78 is 0. The number of hydrogen-bond acceptors (Lipinski definition) is 3. The summed E-state index contributed by atoms with van der Waals surface area (Å²) in [5, 5.41) is 12.2. The van der Waals surface area contributed by atoms with E-state index in [9.17, 15) is 0 Å². The van der Waals surface area contributed by atoms with E-state index in [0.29, 0.717) is 0 Å². The Balaban J connectivity index is 2.75. The zero-order valence-corrected chi connectivity index (χ0v) is 10.9. The lowest BCUT2D eigenvalue weighted by Gasteiger charge is -2.26. The van der Waals surface area contributed by atoms with Crippen LogP contribution < -0.4 is 10.2 Å². The number of nitrogens with zero attached hydrogens (tertiary/aromatic N) is 2. The molecular formula is C14H21N3. The molecule has 0 fully saturated rings. The molecule has 0 aliphatic rings. The molecule has 92 valence electrons. The van der Waals surface area contributed by atoms with Crippen molar-refractivity contribution in [2.45, 2.75) is 26.8 Å². The molecule has 0 bridgehead atoms. The van der Waals surface area contributed by atoms with Gasteiger partial charge in [0.15, 0.2) is 0 Å². The summed E-state index contributed by atoms with van der Waals surface area (Å²) in [4.78, 5) is 2.23. The van der Waals surface area contributed by atoms with Crippen LogP contribution in [0.5, 0.6) is 0 Å². The Kier molecular flexibility index (Phi) is 5.51. The van der Waals surface area contributed by atoms with Gasteiger partial charge in [-0.15, -0.1) is 0 Å². The molecule has 0 aromatic heterocycles. The molecule has 1 atom stereocenters. The third kappa shape index (κ3) is 4.08. The van der Waals surface area contributed by atoms with Crippen LogP contribution in [0.15, 0.2) is 24.3 Å². The molecule has 17 heavy (non-hydrogen) atoms. The van der Waals surface area contributed by atoms with E-state index in [2.05, 4.69) is 54.4 Å². The van der Waals surface area contributed by atoms with Gasteiger partial charge >= 0.3 is 0 Å². The molecule has 0 amide bonds. The molecule has 0 aliphatic carbocycles. The Hall–Kier alpha value is -1.53. The van der Waals surface area contributed by atoms with Gasteiger partial charge in [-0.3, -0.25) is 0 Å². The number of benzene rings is 1. The molecule has 1 aromatic carbocycles. The van der Waals surface area contributed by atoms with E-state index in [4.69, 9.17) is 5.26 Å². The fraction of sp³-hybridized carbons (Fsp3) is 0.500. The zero-order chi connectivity index (χ0) is 12.7. The van der Waals surface area contributed by atoms with Crippen LogP contribution in [-0.2, 0) is 0 Å². The van der Waals surface area contributed by atoms with Gasteiger partial charge in [0.2, 0.25) is 0 Å². The summed E-state index contributed by atoms with van der Waals surface area (Å²) in [7, 11) is 0. The lowest BCUT2D eigenvalue weighted by Crippen LogP contribution is -2.40. The highest BCUT2D eigenvalue weighted by molar-refractivity contribution is 5.48. The molecule has 0 radical (unpaired) electrons. The van der Waals surface area contributed by atoms with Gasteiger partial charge in [0, 0.05) is 18.8 Å². The van der Waals surface area contributed by atoms with Crippen molar-refractivity contribution in [3.63, 3.8) is 0 Å². The van der Waals surface area contributed by atoms with E-state index >= 15 is 0 Å². The molecule has 1 N–H and O–H groups in total. The van der Waals surface area contributed by atoms with Crippen molar-refractivity contribution < 1.29 is 0 Å². The van der Waals surface area contributed by atoms with Crippen LogP contribution in [0.3, 0.4) is 0 Å². The maximum absolute atomic E-state index is 9.06. The first-order chi connectivity index (χ1) is 8.21. The molecule has 3 nitrogen and oxygen atoms in total. The molecular weight excluding hydrogens is 210 g/mol. The Labute approximate surface area is 104 Å². The molecule has 0 saturated carbocycles. The fourth-order valence-corrected chi connectivity index (χ4v) is 1.86. The molecule has 3 heteroatoms. The van der Waals surface area contributed by atoms with Crippen molar-refractivity contribution in [3.8, 4) is 6.07 Å². The van der Waals surface area contributed by atoms with Gasteiger partial charge in [-0.1, -0.05) is 19.1 Å². The minimum atomic E-state index is -0.111. The number of aryl methyl sites for hydroxylation is 1. The third-order valence-corrected chi connectivity index (χ3v) is 2.76. The van der Waals surface area contributed by atoms with Crippen molar-refractivity contribution in [3.05, 3.63) is 29.8 Å². The van der Waals surface area contributed by atoms with Gasteiger partial charge in [0.25, 0.3) is 0 Å². The molecule has 1 unspecified atom stereocenters. The third-order valence-electron chi connectivity index (χ3n) is 2.76. The van der Waals surface area contributed by atoms with E-state index in [1.54, 1.807) is 0 Å². The molecule has 1 rings (SSSR count). The van der Waals surface area contributed by atoms with Crippen molar-refractivity contribution >= 4 is 5.69 Å². The summed E-state index contributed by atoms with van der Waals surface area (Å²) in [6.45, 7) is 8.68. The van der Waals surface area contributed by atoms with Crippen LogP contribution in [0.2, 0.25) is 0 Å². The normalized spacial score (nSPS) is 11.9. The van der Waals surface area contributed by atoms with E-state index in [0.717, 1.165) is 19.6 Å². The second-order valence-corrected chi connectivity index (χ2v) is 4.12. The minimum absolute atomic E-state index is 0.111. The number of likely N-dealkylation sites (N-methyl/N-ethyl adjacent to an activating group) is 2. The van der Waals surface area contributed by atoms with E-state index in [1.165, 1.54) is 11.3 Å². The smallest absolute Gasteiger partial charge is 0.113 e. The maximum atomic E-state index is 9.06. The lowest BCUT2D eigenvalue weighted by atomic mass is 10.2. The van der Waals surface area contributed by atoms with Gasteiger partial charge in [-0.25, -0.2) is 0 Å². The van der Waals surface area contributed by atoms with Crippen molar-refractivity contribution in [1.29, 1.82) is 5.26 Å². The Morgan fingerprint density at radius 1 is 1.41 bits per heavy atom. The second-order valence-electron chi connectivity index (χ2n) is 4.12. The molecule has 0 aliphatic heterocycles. The molecule has 0 spiro atoms. The van der Waals surface area contributed by atoms with Crippen LogP contribution in [0.4, 0.5) is 5.69 Å². The minimum Gasteiger partial charge on any atom is -0.369 e. The molecule has 0 saturated heterocycles. The van der Waals surface area contributed by atoms with Gasteiger partial charge in [-0.2, -0.15) is 5.26 Å². The van der Waals surface area contributed by atoms with Gasteiger partial charge in [-0.05, 0) is 38.1 Å². The standard InChI is InChI=1S/C14H21N3/c1-4-16-13(10-15)11-17(5-2)14-8-6-7-12(3)9-14/h6-9,13,16H,4-5,11H2,1-3H3. The van der Waals surface area contributed by atoms with Crippen LogP contribution in [0, 0.1) is 18.3 Å². The Morgan fingerprint density at radius 2 is 2.18 bits per heavy atom. The van der Waals surface area contributed by atoms with Gasteiger partial charge in [0.05, 0.1) is 6.07 Å². The van der Waals surface area contributed by atoms with Crippen molar-refractivity contribution in [1.82, 2.24) is 5.32 Å². The number of nitrogens with one attached hydrogen (secondary N) is 1. The highest BCUT2D eigenvalue weighted by Crippen LogP contribution is 2.15. The first kappa shape index (κ1) is 13.5. The largest absolute Gasteiger partial charge is 0.369 e. The van der Waals surface area contributed by atoms with Crippen LogP contribution in [0.1, 0.15) is 19.4 Å². The zero-order valence-electron chi connectivity index (χ0n) is 10.9. The summed E-state index contributed by atoms with van der Waals surface area (Å²) in [5.41, 5.74) is 2.43. The fourth-order valence-electron chi connectivity index (χ4n) is 1.86. The number of hydrogen-bond donors (Lipinski definition) is 1. The Bertz CT molecular complexity index is 381. The van der Waals surface area contributed by atoms with Crippen LogP contribution in [0.25, 0.3) is 0 Å². The predicted molar refractivity (Wildman–Crippen MR) is 72.1 cm³/mol. The van der Waals surface area contributed by atoms with E-state index in [1.807, 2.05) is 6.92 Å². The topological polar surface area (TPSA) is 39.1 Å². The number of anilines is 1. The monoisotopic (exact) mass is 231 g/mol. The number of rotatable bonds is 6. The van der Waals surface area contributed by atoms with Crippen molar-refractivity contribution in [2.24, 2.45) is 0 Å². The van der Waals surface area contributed by atoms with E-state index < -0.39 is 0 Å². The molecule has 0 heterocycles. The summed E-state index contributed by atoms with van der Waals surface area (Å²) in [5.74, 6) is 0. The van der Waals surface area contributed by atoms with Crippen LogP contribution in [-0.4, -0.2) is 25.7 Å². The average molecular weight is 231 g/mol. The quantitative estimate of drug-likeness (QED) is 0.816. The predicted octanol–water partition coefficient (Wildman–Crippen LogP) is 2.32. The molecule has 1 aromatic rings. The van der Waals surface area contributed by atoms with Gasteiger partial charge in [0.1, 0.15) is 6.04 Å².